The minimum atomic E-state index is -0.573. The van der Waals surface area contributed by atoms with Gasteiger partial charge in [0.15, 0.2) is 0 Å². The van der Waals surface area contributed by atoms with Crippen molar-refractivity contribution in [1.82, 2.24) is 14.8 Å². The number of halogens is 2. The van der Waals surface area contributed by atoms with Gasteiger partial charge in [-0.3, -0.25) is 9.78 Å². The zero-order valence-electron chi connectivity index (χ0n) is 20.0. The molecule has 2 aliphatic rings. The molecule has 7 nitrogen and oxygen atoms in total. The molecule has 2 aliphatic heterocycles. The molecule has 1 fully saturated rings. The van der Waals surface area contributed by atoms with Crippen LogP contribution in [0, 0.1) is 6.92 Å². The van der Waals surface area contributed by atoms with Crippen molar-refractivity contribution in [2.24, 2.45) is 5.73 Å². The molecule has 0 saturated carbocycles. The van der Waals surface area contributed by atoms with Crippen molar-refractivity contribution in [3.8, 4) is 11.1 Å². The van der Waals surface area contributed by atoms with Crippen LogP contribution in [0.25, 0.3) is 11.1 Å². The van der Waals surface area contributed by atoms with E-state index in [-0.39, 0.29) is 24.6 Å². The summed E-state index contributed by atoms with van der Waals surface area (Å²) < 4.78 is 5.58. The fourth-order valence-corrected chi connectivity index (χ4v) is 5.29. The van der Waals surface area contributed by atoms with E-state index in [0.717, 1.165) is 29.7 Å². The minimum absolute atomic E-state index is 0.106. The first-order valence-corrected chi connectivity index (χ1v) is 12.2. The van der Waals surface area contributed by atoms with Crippen molar-refractivity contribution >= 4 is 35.2 Å². The molecule has 1 saturated heterocycles. The third kappa shape index (κ3) is 4.74. The maximum Gasteiger partial charge on any atom is 0.410 e. The second-order valence-electron chi connectivity index (χ2n) is 9.86. The molecule has 0 spiro atoms. The Bertz CT molecular complexity index is 1150. The Hall–Kier alpha value is -2.35. The van der Waals surface area contributed by atoms with Crippen molar-refractivity contribution in [2.75, 3.05) is 13.1 Å². The molecule has 0 aliphatic carbocycles. The van der Waals surface area contributed by atoms with Gasteiger partial charge in [0.2, 0.25) is 0 Å². The molecule has 0 bridgehead atoms. The zero-order chi connectivity index (χ0) is 24.8. The summed E-state index contributed by atoms with van der Waals surface area (Å²) in [4.78, 5) is 34.6. The molecule has 182 valence electrons. The summed E-state index contributed by atoms with van der Waals surface area (Å²) in [7, 11) is 0. The van der Waals surface area contributed by atoms with E-state index in [2.05, 4.69) is 0 Å². The van der Waals surface area contributed by atoms with E-state index in [4.69, 9.17) is 38.7 Å². The molecule has 2 N–H and O–H groups in total. The smallest absolute Gasteiger partial charge is 0.410 e. The Balaban J connectivity index is 1.66. The van der Waals surface area contributed by atoms with Gasteiger partial charge in [-0.15, -0.1) is 0 Å². The summed E-state index contributed by atoms with van der Waals surface area (Å²) in [5, 5.41) is 0.968. The fourth-order valence-electron chi connectivity index (χ4n) is 4.78. The monoisotopic (exact) mass is 504 g/mol. The number of benzene rings is 1. The Kier molecular flexibility index (Phi) is 6.82. The topological polar surface area (TPSA) is 88.8 Å². The molecule has 2 amide bonds. The number of ether oxygens (including phenoxy) is 1. The van der Waals surface area contributed by atoms with Crippen LogP contribution in [0.2, 0.25) is 10.0 Å². The average molecular weight is 505 g/mol. The van der Waals surface area contributed by atoms with Gasteiger partial charge in [-0.25, -0.2) is 4.79 Å². The number of likely N-dealkylation sites (tertiary alicyclic amines) is 1. The summed E-state index contributed by atoms with van der Waals surface area (Å²) in [6, 6.07) is 5.12. The number of fused-ring (bicyclic) bond motifs is 1. The number of hydrogen-bond donors (Lipinski definition) is 1. The standard InChI is InChI=1S/C25H30Cl2N4O3/c1-14-18(11-28)21(17-8-7-15(26)10-19(17)27)22-20(29-14)13-30(23(22)32)12-16-6-5-9-31(16)24(33)34-25(2,3)4/h7-8,10,16H,5-6,9,11-13,28H2,1-4H3/t16-/m0/s1. The predicted octanol–water partition coefficient (Wildman–Crippen LogP) is 5.18. The number of carbonyl (C=O) groups excluding carboxylic acids is 2. The van der Waals surface area contributed by atoms with E-state index < -0.39 is 5.60 Å². The number of hydrogen-bond acceptors (Lipinski definition) is 5. The van der Waals surface area contributed by atoms with Gasteiger partial charge in [0.05, 0.1) is 23.8 Å². The van der Waals surface area contributed by atoms with Gasteiger partial charge >= 0.3 is 6.09 Å². The molecule has 1 aromatic carbocycles. The highest BCUT2D eigenvalue weighted by Gasteiger charge is 2.39. The third-order valence-corrected chi connectivity index (χ3v) is 6.81. The van der Waals surface area contributed by atoms with E-state index in [1.165, 1.54) is 0 Å². The molecule has 1 aromatic heterocycles. The summed E-state index contributed by atoms with van der Waals surface area (Å²) in [5.74, 6) is -0.130. The Morgan fingerprint density at radius 1 is 1.26 bits per heavy atom. The molecule has 34 heavy (non-hydrogen) atoms. The van der Waals surface area contributed by atoms with Crippen LogP contribution in [0.15, 0.2) is 18.2 Å². The van der Waals surface area contributed by atoms with Crippen LogP contribution in [0.3, 0.4) is 0 Å². The normalized spacial score (nSPS) is 18.0. The molecule has 0 radical (unpaired) electrons. The second-order valence-corrected chi connectivity index (χ2v) is 10.7. The molecule has 1 atom stereocenters. The third-order valence-electron chi connectivity index (χ3n) is 6.26. The van der Waals surface area contributed by atoms with Gasteiger partial charge in [0.25, 0.3) is 5.91 Å². The van der Waals surface area contributed by atoms with E-state index in [0.29, 0.717) is 46.5 Å². The van der Waals surface area contributed by atoms with Crippen molar-refractivity contribution in [3.05, 3.63) is 50.8 Å². The van der Waals surface area contributed by atoms with Gasteiger partial charge in [0.1, 0.15) is 5.60 Å². The van der Waals surface area contributed by atoms with Crippen LogP contribution in [0.1, 0.15) is 60.9 Å². The summed E-state index contributed by atoms with van der Waals surface area (Å²) in [6.07, 6.45) is 1.35. The lowest BCUT2D eigenvalue weighted by atomic mass is 9.93. The van der Waals surface area contributed by atoms with Gasteiger partial charge < -0.3 is 20.3 Å². The molecule has 0 unspecified atom stereocenters. The lowest BCUT2D eigenvalue weighted by molar-refractivity contribution is 0.0193. The van der Waals surface area contributed by atoms with Gasteiger partial charge in [-0.2, -0.15) is 0 Å². The largest absolute Gasteiger partial charge is 0.444 e. The Morgan fingerprint density at radius 3 is 2.65 bits per heavy atom. The van der Waals surface area contributed by atoms with Crippen molar-refractivity contribution < 1.29 is 14.3 Å². The Morgan fingerprint density at radius 2 is 2.00 bits per heavy atom. The van der Waals surface area contributed by atoms with E-state index in [1.54, 1.807) is 21.9 Å². The highest BCUT2D eigenvalue weighted by atomic mass is 35.5. The van der Waals surface area contributed by atoms with Gasteiger partial charge in [-0.1, -0.05) is 29.3 Å². The van der Waals surface area contributed by atoms with Crippen LogP contribution in [0.5, 0.6) is 0 Å². The molecule has 2 aromatic rings. The number of nitrogens with two attached hydrogens (primary N) is 1. The van der Waals surface area contributed by atoms with E-state index in [9.17, 15) is 9.59 Å². The maximum atomic E-state index is 13.7. The van der Waals surface area contributed by atoms with Crippen LogP contribution in [0.4, 0.5) is 4.79 Å². The first kappa shape index (κ1) is 24.8. The molecular weight excluding hydrogens is 475 g/mol. The quantitative estimate of drug-likeness (QED) is 0.619. The molecule has 9 heteroatoms. The molecular formula is C25H30Cl2N4O3. The summed E-state index contributed by atoms with van der Waals surface area (Å²) >= 11 is 12.7. The fraction of sp³-hybridized carbons (Fsp3) is 0.480. The predicted molar refractivity (Wildman–Crippen MR) is 133 cm³/mol. The highest BCUT2D eigenvalue weighted by Crippen LogP contribution is 2.40. The van der Waals surface area contributed by atoms with Gasteiger partial charge in [0, 0.05) is 46.5 Å². The zero-order valence-corrected chi connectivity index (χ0v) is 21.5. The van der Waals surface area contributed by atoms with Crippen molar-refractivity contribution in [2.45, 2.75) is 65.3 Å². The van der Waals surface area contributed by atoms with E-state index in [1.807, 2.05) is 33.8 Å². The highest BCUT2D eigenvalue weighted by molar-refractivity contribution is 6.36. The van der Waals surface area contributed by atoms with Crippen LogP contribution in [-0.4, -0.2) is 51.5 Å². The lowest BCUT2D eigenvalue weighted by Gasteiger charge is -2.30. The summed E-state index contributed by atoms with van der Waals surface area (Å²) in [6.45, 7) is 9.08. The van der Waals surface area contributed by atoms with Crippen LogP contribution in [-0.2, 0) is 17.8 Å². The van der Waals surface area contributed by atoms with Crippen LogP contribution < -0.4 is 5.73 Å². The summed E-state index contributed by atoms with van der Waals surface area (Å²) in [5.41, 5.74) is 9.72. The number of rotatable bonds is 4. The molecule has 4 rings (SSSR count). The minimum Gasteiger partial charge on any atom is -0.444 e. The first-order valence-electron chi connectivity index (χ1n) is 11.5. The number of nitrogens with zero attached hydrogens (tertiary/aromatic N) is 3. The number of carbonyl (C=O) groups is 2. The number of pyridine rings is 1. The SMILES string of the molecule is Cc1nc2c(c(-c3ccc(Cl)cc3Cl)c1CN)C(=O)N(C[C@@H]1CCCN1C(=O)OC(C)(C)C)C2. The Labute approximate surface area is 210 Å². The first-order chi connectivity index (χ1) is 16.0. The van der Waals surface area contributed by atoms with Crippen LogP contribution >= 0.6 is 23.2 Å². The van der Waals surface area contributed by atoms with Crippen molar-refractivity contribution in [3.63, 3.8) is 0 Å². The lowest BCUT2D eigenvalue weighted by Crippen LogP contribution is -2.45. The molecule has 3 heterocycles. The van der Waals surface area contributed by atoms with Gasteiger partial charge in [-0.05, 0) is 58.2 Å². The number of aryl methyl sites for hydroxylation is 1. The van der Waals surface area contributed by atoms with E-state index >= 15 is 0 Å². The second kappa shape index (κ2) is 9.36. The number of aromatic nitrogens is 1. The average Bonchev–Trinajstić information content (AvgIpc) is 3.31. The van der Waals surface area contributed by atoms with Crippen molar-refractivity contribution in [1.29, 1.82) is 0 Å². The number of amides is 2. The maximum absolute atomic E-state index is 13.7.